The van der Waals surface area contributed by atoms with Crippen LogP contribution < -0.4 is 5.73 Å². The molecule has 0 radical (unpaired) electrons. The zero-order chi connectivity index (χ0) is 19.6. The zero-order valence-electron chi connectivity index (χ0n) is 15.7. The van der Waals surface area contributed by atoms with Crippen molar-refractivity contribution in [1.29, 1.82) is 0 Å². The molecule has 142 valence electrons. The number of benzene rings is 2. The van der Waals surface area contributed by atoms with Gasteiger partial charge in [0.1, 0.15) is 5.82 Å². The largest absolute Gasteiger partial charge is 0.383 e. The topological polar surface area (TPSA) is 82.8 Å². The van der Waals surface area contributed by atoms with Crippen molar-refractivity contribution in [2.75, 3.05) is 5.73 Å². The van der Waals surface area contributed by atoms with E-state index >= 15 is 0 Å². The standard InChI is InChI=1S/C23H19N5O/c24-23-20(5-3-11-25-23)22-13-19(27-29-22)12-16-7-9-17(10-8-16)14-28-15-18-4-1-2-6-21(18)26-28/h1-11,13,15H,12,14H2,(H2,24,25). The molecule has 5 aromatic rings. The molecule has 3 heterocycles. The maximum Gasteiger partial charge on any atom is 0.170 e. The van der Waals surface area contributed by atoms with E-state index in [4.69, 9.17) is 10.3 Å². The van der Waals surface area contributed by atoms with E-state index in [2.05, 4.69) is 51.8 Å². The molecular weight excluding hydrogens is 362 g/mol. The number of nitrogens with two attached hydrogens (primary N) is 1. The van der Waals surface area contributed by atoms with Gasteiger partial charge in [0.15, 0.2) is 5.76 Å². The first-order valence-corrected chi connectivity index (χ1v) is 9.41. The van der Waals surface area contributed by atoms with Crippen LogP contribution in [0.2, 0.25) is 0 Å². The fourth-order valence-corrected chi connectivity index (χ4v) is 3.40. The van der Waals surface area contributed by atoms with Crippen molar-refractivity contribution in [3.05, 3.63) is 95.9 Å². The third-order valence-corrected chi connectivity index (χ3v) is 4.88. The van der Waals surface area contributed by atoms with E-state index in [0.29, 0.717) is 18.0 Å². The molecule has 0 bridgehead atoms. The van der Waals surface area contributed by atoms with Gasteiger partial charge in [0.25, 0.3) is 0 Å². The lowest BCUT2D eigenvalue weighted by molar-refractivity contribution is 0.425. The van der Waals surface area contributed by atoms with Gasteiger partial charge >= 0.3 is 0 Å². The number of hydrogen-bond acceptors (Lipinski definition) is 5. The normalized spacial score (nSPS) is 11.2. The maximum atomic E-state index is 5.91. The van der Waals surface area contributed by atoms with Crippen LogP contribution in [-0.4, -0.2) is 19.9 Å². The first-order valence-electron chi connectivity index (χ1n) is 9.41. The highest BCUT2D eigenvalue weighted by Crippen LogP contribution is 2.25. The molecule has 0 aliphatic heterocycles. The Labute approximate surface area is 167 Å². The molecule has 0 unspecified atom stereocenters. The maximum absolute atomic E-state index is 5.91. The smallest absolute Gasteiger partial charge is 0.170 e. The molecule has 0 amide bonds. The first kappa shape index (κ1) is 17.2. The monoisotopic (exact) mass is 381 g/mol. The summed E-state index contributed by atoms with van der Waals surface area (Å²) in [6.45, 7) is 0.739. The third-order valence-electron chi connectivity index (χ3n) is 4.88. The summed E-state index contributed by atoms with van der Waals surface area (Å²) < 4.78 is 7.43. The van der Waals surface area contributed by atoms with Crippen LogP contribution in [-0.2, 0) is 13.0 Å². The van der Waals surface area contributed by atoms with Crippen molar-refractivity contribution in [3.63, 3.8) is 0 Å². The van der Waals surface area contributed by atoms with Crippen LogP contribution in [0.3, 0.4) is 0 Å². The van der Waals surface area contributed by atoms with Gasteiger partial charge in [-0.2, -0.15) is 5.10 Å². The van der Waals surface area contributed by atoms with Crippen molar-refractivity contribution in [3.8, 4) is 11.3 Å². The predicted molar refractivity (Wildman–Crippen MR) is 112 cm³/mol. The highest BCUT2D eigenvalue weighted by atomic mass is 16.5. The molecule has 6 nitrogen and oxygen atoms in total. The molecule has 0 fully saturated rings. The number of nitrogens with zero attached hydrogens (tertiary/aromatic N) is 4. The Bertz CT molecular complexity index is 1240. The Hall–Kier alpha value is -3.93. The number of anilines is 1. The van der Waals surface area contributed by atoms with Gasteiger partial charge in [-0.1, -0.05) is 47.6 Å². The summed E-state index contributed by atoms with van der Waals surface area (Å²) in [5, 5.41) is 9.94. The van der Waals surface area contributed by atoms with E-state index in [0.717, 1.165) is 28.7 Å². The van der Waals surface area contributed by atoms with Crippen LogP contribution in [0.5, 0.6) is 0 Å². The minimum absolute atomic E-state index is 0.436. The van der Waals surface area contributed by atoms with E-state index < -0.39 is 0 Å². The molecule has 2 N–H and O–H groups in total. The van der Waals surface area contributed by atoms with E-state index in [1.807, 2.05) is 41.1 Å². The molecule has 0 aliphatic carbocycles. The molecule has 3 aromatic heterocycles. The first-order chi connectivity index (χ1) is 14.2. The van der Waals surface area contributed by atoms with Crippen molar-refractivity contribution < 1.29 is 4.52 Å². The Balaban J connectivity index is 1.29. The fourth-order valence-electron chi connectivity index (χ4n) is 3.40. The lowest BCUT2D eigenvalue weighted by Crippen LogP contribution is -2.00. The number of fused-ring (bicyclic) bond motifs is 1. The Morgan fingerprint density at radius 3 is 2.59 bits per heavy atom. The molecular formula is C23H19N5O. The van der Waals surface area contributed by atoms with Gasteiger partial charge in [0.2, 0.25) is 0 Å². The van der Waals surface area contributed by atoms with Gasteiger partial charge in [0, 0.05) is 30.3 Å². The second-order valence-electron chi connectivity index (χ2n) is 7.00. The summed E-state index contributed by atoms with van der Waals surface area (Å²) in [6.07, 6.45) is 4.42. The average molecular weight is 381 g/mol. The van der Waals surface area contributed by atoms with Gasteiger partial charge in [-0.15, -0.1) is 0 Å². The Morgan fingerprint density at radius 1 is 0.931 bits per heavy atom. The summed E-state index contributed by atoms with van der Waals surface area (Å²) in [6, 6.07) is 22.2. The molecule has 29 heavy (non-hydrogen) atoms. The third kappa shape index (κ3) is 3.60. The van der Waals surface area contributed by atoms with E-state index in [1.165, 1.54) is 11.1 Å². The molecule has 2 aromatic carbocycles. The van der Waals surface area contributed by atoms with Crippen molar-refractivity contribution >= 4 is 16.7 Å². The lowest BCUT2D eigenvalue weighted by atomic mass is 10.1. The van der Waals surface area contributed by atoms with Crippen LogP contribution in [0.1, 0.15) is 16.8 Å². The number of aromatic nitrogens is 4. The summed E-state index contributed by atoms with van der Waals surface area (Å²) in [5.74, 6) is 1.07. The second kappa shape index (κ2) is 7.24. The van der Waals surface area contributed by atoms with Crippen LogP contribution >= 0.6 is 0 Å². The fraction of sp³-hybridized carbons (Fsp3) is 0.0870. The summed E-state index contributed by atoms with van der Waals surface area (Å²) in [4.78, 5) is 4.09. The number of nitrogen functional groups attached to an aromatic ring is 1. The van der Waals surface area contributed by atoms with Crippen molar-refractivity contribution in [2.45, 2.75) is 13.0 Å². The molecule has 0 spiro atoms. The SMILES string of the molecule is Nc1ncccc1-c1cc(Cc2ccc(Cn3cc4ccccc4n3)cc2)no1. The number of pyridine rings is 1. The molecule has 0 atom stereocenters. The highest BCUT2D eigenvalue weighted by molar-refractivity contribution is 5.77. The quantitative estimate of drug-likeness (QED) is 0.491. The van der Waals surface area contributed by atoms with Gasteiger partial charge in [-0.25, -0.2) is 4.98 Å². The van der Waals surface area contributed by atoms with Crippen LogP contribution in [0.15, 0.2) is 83.6 Å². The minimum atomic E-state index is 0.436. The number of rotatable bonds is 5. The van der Waals surface area contributed by atoms with Gasteiger partial charge in [-0.05, 0) is 29.3 Å². The predicted octanol–water partition coefficient (Wildman–Crippen LogP) is 4.31. The van der Waals surface area contributed by atoms with Crippen LogP contribution in [0, 0.1) is 0 Å². The van der Waals surface area contributed by atoms with Crippen LogP contribution in [0.4, 0.5) is 5.82 Å². The van der Waals surface area contributed by atoms with Gasteiger partial charge in [-0.3, -0.25) is 4.68 Å². The average Bonchev–Trinajstić information content (AvgIpc) is 3.36. The van der Waals surface area contributed by atoms with Crippen molar-refractivity contribution in [2.24, 2.45) is 0 Å². The zero-order valence-corrected chi connectivity index (χ0v) is 15.7. The molecule has 6 heteroatoms. The van der Waals surface area contributed by atoms with Gasteiger partial charge in [0.05, 0.1) is 23.3 Å². The van der Waals surface area contributed by atoms with E-state index in [1.54, 1.807) is 6.20 Å². The highest BCUT2D eigenvalue weighted by Gasteiger charge is 2.11. The number of hydrogen-bond donors (Lipinski definition) is 1. The summed E-state index contributed by atoms with van der Waals surface area (Å²) >= 11 is 0. The molecule has 5 rings (SSSR count). The summed E-state index contributed by atoms with van der Waals surface area (Å²) in [7, 11) is 0. The summed E-state index contributed by atoms with van der Waals surface area (Å²) in [5.41, 5.74) is 10.9. The second-order valence-corrected chi connectivity index (χ2v) is 7.00. The Kier molecular flexibility index (Phi) is 4.29. The molecule has 0 saturated heterocycles. The van der Waals surface area contributed by atoms with Crippen LogP contribution in [0.25, 0.3) is 22.2 Å². The Morgan fingerprint density at radius 2 is 1.76 bits per heavy atom. The van der Waals surface area contributed by atoms with Gasteiger partial charge < -0.3 is 10.3 Å². The molecule has 0 saturated carbocycles. The minimum Gasteiger partial charge on any atom is -0.383 e. The van der Waals surface area contributed by atoms with E-state index in [-0.39, 0.29) is 0 Å². The molecule has 0 aliphatic rings. The van der Waals surface area contributed by atoms with Crippen molar-refractivity contribution in [1.82, 2.24) is 19.9 Å². The van der Waals surface area contributed by atoms with E-state index in [9.17, 15) is 0 Å². The lowest BCUT2D eigenvalue weighted by Gasteiger charge is -2.03.